The van der Waals surface area contributed by atoms with Crippen molar-refractivity contribution < 1.29 is 0 Å². The van der Waals surface area contributed by atoms with Crippen LogP contribution < -0.4 is 4.90 Å². The van der Waals surface area contributed by atoms with E-state index in [-0.39, 0.29) is 6.04 Å². The highest BCUT2D eigenvalue weighted by molar-refractivity contribution is 5.72. The number of hydrogen-bond acceptors (Lipinski definition) is 4. The fourth-order valence-corrected chi connectivity index (χ4v) is 4.15. The van der Waals surface area contributed by atoms with Crippen molar-refractivity contribution in [3.8, 4) is 11.1 Å². The Morgan fingerprint density at radius 2 is 1.50 bits per heavy atom. The van der Waals surface area contributed by atoms with Crippen molar-refractivity contribution in [2.75, 3.05) is 4.90 Å². The van der Waals surface area contributed by atoms with Crippen LogP contribution in [0.15, 0.2) is 90.6 Å². The molecule has 0 saturated carbocycles. The fourth-order valence-electron chi connectivity index (χ4n) is 4.15. The van der Waals surface area contributed by atoms with Gasteiger partial charge in [0.2, 0.25) is 0 Å². The number of benzene rings is 3. The van der Waals surface area contributed by atoms with Gasteiger partial charge in [0.1, 0.15) is 6.04 Å². The number of anilines is 1. The third-order valence-corrected chi connectivity index (χ3v) is 5.70. The molecule has 3 aromatic carbocycles. The summed E-state index contributed by atoms with van der Waals surface area (Å²) < 4.78 is 1.92. The van der Waals surface area contributed by atoms with Crippen LogP contribution in [0.2, 0.25) is 0 Å². The molecule has 0 fully saturated rings. The lowest BCUT2D eigenvalue weighted by molar-refractivity contribution is 0.559. The second-order valence-electron chi connectivity index (χ2n) is 7.65. The second-order valence-corrected chi connectivity index (χ2v) is 7.65. The van der Waals surface area contributed by atoms with Gasteiger partial charge in [-0.15, -0.1) is 0 Å². The molecule has 1 aliphatic rings. The first-order valence-electron chi connectivity index (χ1n) is 10.1. The summed E-state index contributed by atoms with van der Waals surface area (Å²) in [4.78, 5) is 2.17. The maximum atomic E-state index is 4.37. The first-order chi connectivity index (χ1) is 14.7. The molecular weight excluding hydrogens is 370 g/mol. The third-order valence-electron chi connectivity index (χ3n) is 5.70. The van der Waals surface area contributed by atoms with Gasteiger partial charge in [-0.2, -0.15) is 4.68 Å². The fraction of sp³-hybridized carbons (Fsp3) is 0.160. The number of nitrogens with zero attached hydrogens (tertiary/aromatic N) is 5. The molecule has 0 aliphatic carbocycles. The molecule has 0 saturated heterocycles. The Hall–Kier alpha value is -3.73. The predicted molar refractivity (Wildman–Crippen MR) is 119 cm³/mol. The highest BCUT2D eigenvalue weighted by Gasteiger charge is 2.29. The zero-order valence-electron chi connectivity index (χ0n) is 17.1. The summed E-state index contributed by atoms with van der Waals surface area (Å²) in [5.41, 5.74) is 7.26. The van der Waals surface area contributed by atoms with Crippen LogP contribution in [0.5, 0.6) is 0 Å². The molecule has 0 N–H and O–H groups in total. The number of allylic oxidation sites excluding steroid dienone is 2. The van der Waals surface area contributed by atoms with Crippen LogP contribution in [-0.4, -0.2) is 20.2 Å². The molecule has 5 nitrogen and oxygen atoms in total. The summed E-state index contributed by atoms with van der Waals surface area (Å²) in [6.45, 7) is 5.01. The van der Waals surface area contributed by atoms with Gasteiger partial charge in [0.15, 0.2) is 0 Å². The Kier molecular flexibility index (Phi) is 4.64. The summed E-state index contributed by atoms with van der Waals surface area (Å²) in [6.07, 6.45) is 2.25. The molecule has 2 heterocycles. The Balaban J connectivity index is 1.59. The average molecular weight is 393 g/mol. The second kappa shape index (κ2) is 7.59. The van der Waals surface area contributed by atoms with Gasteiger partial charge in [-0.1, -0.05) is 84.0 Å². The monoisotopic (exact) mass is 393 g/mol. The predicted octanol–water partition coefficient (Wildman–Crippen LogP) is 5.16. The van der Waals surface area contributed by atoms with Crippen molar-refractivity contribution >= 4 is 5.95 Å². The molecule has 30 heavy (non-hydrogen) atoms. The maximum Gasteiger partial charge on any atom is 0.250 e. The normalized spacial score (nSPS) is 15.6. The van der Waals surface area contributed by atoms with Gasteiger partial charge in [-0.3, -0.25) is 0 Å². The van der Waals surface area contributed by atoms with Crippen LogP contribution in [0.25, 0.3) is 11.1 Å². The van der Waals surface area contributed by atoms with E-state index in [1.807, 2.05) is 10.7 Å². The lowest BCUT2D eigenvalue weighted by Crippen LogP contribution is -2.30. The quantitative estimate of drug-likeness (QED) is 0.480. The van der Waals surface area contributed by atoms with Gasteiger partial charge < -0.3 is 4.90 Å². The number of hydrogen-bond donors (Lipinski definition) is 0. The van der Waals surface area contributed by atoms with E-state index >= 15 is 0 Å². The highest BCUT2D eigenvalue weighted by atomic mass is 15.6. The van der Waals surface area contributed by atoms with Crippen LogP contribution in [0.1, 0.15) is 29.7 Å². The molecule has 1 aliphatic heterocycles. The summed E-state index contributed by atoms with van der Waals surface area (Å²) >= 11 is 0. The van der Waals surface area contributed by atoms with E-state index in [1.54, 1.807) is 0 Å². The maximum absolute atomic E-state index is 4.37. The molecule has 0 amide bonds. The third kappa shape index (κ3) is 3.18. The number of aryl methyl sites for hydroxylation is 1. The molecule has 0 spiro atoms. The molecular formula is C25H23N5. The minimum absolute atomic E-state index is 0.0576. The Morgan fingerprint density at radius 3 is 2.30 bits per heavy atom. The summed E-state index contributed by atoms with van der Waals surface area (Å²) in [7, 11) is 0. The summed E-state index contributed by atoms with van der Waals surface area (Å²) in [6, 6.07) is 27.4. The molecule has 4 aromatic rings. The van der Waals surface area contributed by atoms with E-state index in [0.717, 1.165) is 18.2 Å². The Morgan fingerprint density at radius 1 is 0.800 bits per heavy atom. The van der Waals surface area contributed by atoms with Crippen LogP contribution in [-0.2, 0) is 6.54 Å². The van der Waals surface area contributed by atoms with E-state index in [9.17, 15) is 0 Å². The zero-order valence-corrected chi connectivity index (χ0v) is 17.1. The standard InChI is InChI=1S/C25H23N5/c1-18-10-6-7-13-21(18)22-14-8-9-15-23(22)24-16-19(2)29(25-26-27-28-30(24)25)17-20-11-4-3-5-12-20/h3-16,24H,17H2,1-2H3. The SMILES string of the molecule is CC1=CC(c2ccccc2-c2ccccc2C)n2nnnc2N1Cc1ccccc1. The number of rotatable bonds is 4. The van der Waals surface area contributed by atoms with Gasteiger partial charge in [0, 0.05) is 5.70 Å². The van der Waals surface area contributed by atoms with Gasteiger partial charge in [-0.25, -0.2) is 0 Å². The topological polar surface area (TPSA) is 46.8 Å². The van der Waals surface area contributed by atoms with E-state index in [4.69, 9.17) is 0 Å². The minimum Gasteiger partial charge on any atom is -0.309 e. The van der Waals surface area contributed by atoms with Crippen molar-refractivity contribution in [3.63, 3.8) is 0 Å². The van der Waals surface area contributed by atoms with E-state index in [1.165, 1.54) is 27.8 Å². The van der Waals surface area contributed by atoms with Gasteiger partial charge in [0.25, 0.3) is 5.95 Å². The molecule has 148 valence electrons. The smallest absolute Gasteiger partial charge is 0.250 e. The number of fused-ring (bicyclic) bond motifs is 1. The molecule has 1 aromatic heterocycles. The molecule has 5 rings (SSSR count). The average Bonchev–Trinajstić information content (AvgIpc) is 3.27. The first kappa shape index (κ1) is 18.3. The molecule has 5 heteroatoms. The van der Waals surface area contributed by atoms with Crippen LogP contribution >= 0.6 is 0 Å². The zero-order chi connectivity index (χ0) is 20.5. The van der Waals surface area contributed by atoms with Gasteiger partial charge in [0.05, 0.1) is 6.54 Å². The van der Waals surface area contributed by atoms with Crippen molar-refractivity contribution in [2.45, 2.75) is 26.4 Å². The minimum atomic E-state index is -0.0576. The summed E-state index contributed by atoms with van der Waals surface area (Å²) in [5, 5.41) is 12.7. The van der Waals surface area contributed by atoms with Crippen LogP contribution in [0.3, 0.4) is 0 Å². The van der Waals surface area contributed by atoms with Crippen molar-refractivity contribution in [1.29, 1.82) is 0 Å². The van der Waals surface area contributed by atoms with E-state index in [0.29, 0.717) is 0 Å². The lowest BCUT2D eigenvalue weighted by Gasteiger charge is -2.32. The molecule has 0 bridgehead atoms. The van der Waals surface area contributed by atoms with Crippen LogP contribution in [0.4, 0.5) is 5.95 Å². The summed E-state index contributed by atoms with van der Waals surface area (Å²) in [5.74, 6) is 0.767. The van der Waals surface area contributed by atoms with E-state index in [2.05, 4.69) is 113 Å². The number of tetrazole rings is 1. The van der Waals surface area contributed by atoms with Gasteiger partial charge in [-0.05, 0) is 58.2 Å². The Labute approximate surface area is 176 Å². The molecule has 1 atom stereocenters. The Bertz CT molecular complexity index is 1210. The van der Waals surface area contributed by atoms with Crippen molar-refractivity contribution in [3.05, 3.63) is 107 Å². The van der Waals surface area contributed by atoms with Crippen LogP contribution in [0, 0.1) is 6.92 Å². The number of aromatic nitrogens is 4. The lowest BCUT2D eigenvalue weighted by atomic mass is 9.91. The van der Waals surface area contributed by atoms with E-state index < -0.39 is 0 Å². The van der Waals surface area contributed by atoms with Crippen molar-refractivity contribution in [1.82, 2.24) is 20.2 Å². The largest absolute Gasteiger partial charge is 0.309 e. The molecule has 0 radical (unpaired) electrons. The van der Waals surface area contributed by atoms with Gasteiger partial charge >= 0.3 is 0 Å². The highest BCUT2D eigenvalue weighted by Crippen LogP contribution is 2.37. The van der Waals surface area contributed by atoms with Crippen molar-refractivity contribution in [2.24, 2.45) is 0 Å². The molecule has 1 unspecified atom stereocenters. The first-order valence-corrected chi connectivity index (χ1v) is 10.1.